The zero-order valence-corrected chi connectivity index (χ0v) is 13.8. The number of imide groups is 1. The zero-order chi connectivity index (χ0) is 15.6. The van der Waals surface area contributed by atoms with Gasteiger partial charge in [0.1, 0.15) is 0 Å². The molecule has 1 saturated heterocycles. The molecule has 0 aromatic heterocycles. The number of nitrogens with zero attached hydrogens (tertiary/aromatic N) is 1. The van der Waals surface area contributed by atoms with Gasteiger partial charge in [-0.15, -0.1) is 0 Å². The summed E-state index contributed by atoms with van der Waals surface area (Å²) in [5.41, 5.74) is 1.69. The first-order valence-corrected chi connectivity index (χ1v) is 8.27. The van der Waals surface area contributed by atoms with Crippen LogP contribution in [0.2, 0.25) is 0 Å². The molecule has 3 nitrogen and oxygen atoms in total. The number of carbonyl (C=O) groups is 2. The lowest BCUT2D eigenvalue weighted by Gasteiger charge is -2.33. The maximum atomic E-state index is 11.7. The molecule has 0 bridgehead atoms. The summed E-state index contributed by atoms with van der Waals surface area (Å²) in [4.78, 5) is 24.9. The number of rotatable bonds is 4. The summed E-state index contributed by atoms with van der Waals surface area (Å²) < 4.78 is 0. The van der Waals surface area contributed by atoms with Crippen molar-refractivity contribution in [1.82, 2.24) is 4.90 Å². The molecule has 118 valence electrons. The van der Waals surface area contributed by atoms with E-state index in [-0.39, 0.29) is 11.8 Å². The fourth-order valence-corrected chi connectivity index (χ4v) is 3.66. The normalized spacial score (nSPS) is 27.3. The molecule has 0 aromatic carbocycles. The molecule has 0 aromatic rings. The molecule has 1 aliphatic carbocycles. The van der Waals surface area contributed by atoms with Gasteiger partial charge in [0, 0.05) is 19.4 Å². The topological polar surface area (TPSA) is 37.4 Å². The molecule has 0 spiro atoms. The second-order valence-corrected chi connectivity index (χ2v) is 8.01. The monoisotopic (exact) mass is 291 g/mol. The molecule has 2 amide bonds. The summed E-state index contributed by atoms with van der Waals surface area (Å²) in [6.07, 6.45) is 6.47. The van der Waals surface area contributed by atoms with Crippen molar-refractivity contribution < 1.29 is 9.59 Å². The molecule has 3 heteroatoms. The van der Waals surface area contributed by atoms with E-state index in [1.54, 1.807) is 0 Å². The third-order valence-corrected chi connectivity index (χ3v) is 4.78. The zero-order valence-electron chi connectivity index (χ0n) is 13.8. The summed E-state index contributed by atoms with van der Waals surface area (Å²) >= 11 is 0. The molecule has 2 rings (SSSR count). The Bertz CT molecular complexity index is 409. The van der Waals surface area contributed by atoms with Gasteiger partial charge in [-0.05, 0) is 49.4 Å². The summed E-state index contributed by atoms with van der Waals surface area (Å²) in [5, 5.41) is 0. The molecule has 0 radical (unpaired) electrons. The number of hydrogen-bond acceptors (Lipinski definition) is 2. The predicted molar refractivity (Wildman–Crippen MR) is 84.6 cm³/mol. The molecule has 2 fully saturated rings. The lowest BCUT2D eigenvalue weighted by atomic mass is 9.74. The minimum Gasteiger partial charge on any atom is -0.282 e. The number of hydrogen-bond donors (Lipinski definition) is 0. The van der Waals surface area contributed by atoms with Gasteiger partial charge in [0.25, 0.3) is 0 Å². The van der Waals surface area contributed by atoms with Crippen molar-refractivity contribution in [3.63, 3.8) is 0 Å². The van der Waals surface area contributed by atoms with E-state index in [0.717, 1.165) is 32.1 Å². The minimum absolute atomic E-state index is 0.0271. The van der Waals surface area contributed by atoms with E-state index in [9.17, 15) is 9.59 Å². The van der Waals surface area contributed by atoms with Gasteiger partial charge >= 0.3 is 0 Å². The molecular formula is C18H29NO2. The molecular weight excluding hydrogens is 262 g/mol. The predicted octanol–water partition coefficient (Wildman–Crippen LogP) is 3.93. The highest BCUT2D eigenvalue weighted by atomic mass is 16.2. The van der Waals surface area contributed by atoms with Gasteiger partial charge in [0.05, 0.1) is 0 Å². The average Bonchev–Trinajstić information content (AvgIpc) is 2.69. The van der Waals surface area contributed by atoms with E-state index in [1.807, 2.05) is 0 Å². The largest absolute Gasteiger partial charge is 0.282 e. The number of likely N-dealkylation sites (tertiary alicyclic amines) is 1. The van der Waals surface area contributed by atoms with Crippen LogP contribution in [0.4, 0.5) is 0 Å². The van der Waals surface area contributed by atoms with Gasteiger partial charge in [-0.3, -0.25) is 14.5 Å². The van der Waals surface area contributed by atoms with E-state index < -0.39 is 0 Å². The lowest BCUT2D eigenvalue weighted by Crippen LogP contribution is -2.35. The second-order valence-electron chi connectivity index (χ2n) is 8.01. The molecule has 0 atom stereocenters. The standard InChI is InChI=1S/C18H29NO2/c1-13(11-18(2,3)4)15-7-5-14(6-8-15)12-19-16(20)9-10-17(19)21/h14-15H,1,5-12H2,2-4H3. The Labute approximate surface area is 128 Å². The summed E-state index contributed by atoms with van der Waals surface area (Å²) in [6.45, 7) is 11.7. The molecule has 0 N–H and O–H groups in total. The van der Waals surface area contributed by atoms with Gasteiger partial charge in [0.15, 0.2) is 0 Å². The van der Waals surface area contributed by atoms with Crippen molar-refractivity contribution in [2.45, 2.75) is 65.7 Å². The van der Waals surface area contributed by atoms with Crippen LogP contribution in [0.15, 0.2) is 12.2 Å². The average molecular weight is 291 g/mol. The fourth-order valence-electron chi connectivity index (χ4n) is 3.66. The van der Waals surface area contributed by atoms with Crippen LogP contribution in [0.3, 0.4) is 0 Å². The highest BCUT2D eigenvalue weighted by Gasteiger charge is 2.32. The first kappa shape index (κ1) is 16.3. The number of carbonyl (C=O) groups excluding carboxylic acids is 2. The minimum atomic E-state index is 0.0271. The fraction of sp³-hybridized carbons (Fsp3) is 0.778. The van der Waals surface area contributed by atoms with Crippen molar-refractivity contribution in [3.05, 3.63) is 12.2 Å². The number of allylic oxidation sites excluding steroid dienone is 1. The van der Waals surface area contributed by atoms with E-state index in [4.69, 9.17) is 0 Å². The highest BCUT2D eigenvalue weighted by Crippen LogP contribution is 2.37. The molecule has 1 aliphatic heterocycles. The van der Waals surface area contributed by atoms with E-state index in [2.05, 4.69) is 27.4 Å². The van der Waals surface area contributed by atoms with Crippen LogP contribution >= 0.6 is 0 Å². The number of amides is 2. The molecule has 2 aliphatic rings. The molecule has 0 unspecified atom stereocenters. The second kappa shape index (κ2) is 6.33. The van der Waals surface area contributed by atoms with Crippen molar-refractivity contribution in [2.24, 2.45) is 17.3 Å². The van der Waals surface area contributed by atoms with Gasteiger partial charge in [-0.1, -0.05) is 32.9 Å². The third kappa shape index (κ3) is 4.42. The van der Waals surface area contributed by atoms with E-state index >= 15 is 0 Å². The van der Waals surface area contributed by atoms with E-state index in [0.29, 0.717) is 36.6 Å². The van der Waals surface area contributed by atoms with Gasteiger partial charge in [-0.2, -0.15) is 0 Å². The highest BCUT2D eigenvalue weighted by molar-refractivity contribution is 6.01. The van der Waals surface area contributed by atoms with Crippen LogP contribution in [-0.2, 0) is 9.59 Å². The SMILES string of the molecule is C=C(CC(C)(C)C)C1CCC(CN2C(=O)CCC2=O)CC1. The van der Waals surface area contributed by atoms with Crippen molar-refractivity contribution in [1.29, 1.82) is 0 Å². The van der Waals surface area contributed by atoms with Crippen LogP contribution in [0, 0.1) is 17.3 Å². The maximum Gasteiger partial charge on any atom is 0.229 e. The Hall–Kier alpha value is -1.12. The third-order valence-electron chi connectivity index (χ3n) is 4.78. The van der Waals surface area contributed by atoms with Gasteiger partial charge < -0.3 is 0 Å². The van der Waals surface area contributed by atoms with E-state index in [1.165, 1.54) is 10.5 Å². The van der Waals surface area contributed by atoms with Crippen molar-refractivity contribution in [3.8, 4) is 0 Å². The summed E-state index contributed by atoms with van der Waals surface area (Å²) in [7, 11) is 0. The first-order valence-electron chi connectivity index (χ1n) is 8.27. The summed E-state index contributed by atoms with van der Waals surface area (Å²) in [6, 6.07) is 0. The first-order chi connectivity index (χ1) is 9.76. The maximum absolute atomic E-state index is 11.7. The van der Waals surface area contributed by atoms with Crippen LogP contribution in [0.1, 0.15) is 65.7 Å². The quantitative estimate of drug-likeness (QED) is 0.581. The van der Waals surface area contributed by atoms with Crippen LogP contribution in [0.25, 0.3) is 0 Å². The molecule has 21 heavy (non-hydrogen) atoms. The van der Waals surface area contributed by atoms with Crippen molar-refractivity contribution in [2.75, 3.05) is 6.54 Å². The smallest absolute Gasteiger partial charge is 0.229 e. The Kier molecular flexibility index (Phi) is 4.90. The van der Waals surface area contributed by atoms with Crippen LogP contribution in [0.5, 0.6) is 0 Å². The Morgan fingerprint density at radius 1 is 1.10 bits per heavy atom. The van der Waals surface area contributed by atoms with Crippen LogP contribution < -0.4 is 0 Å². The Morgan fingerprint density at radius 3 is 2.10 bits per heavy atom. The summed E-state index contributed by atoms with van der Waals surface area (Å²) in [5.74, 6) is 1.18. The van der Waals surface area contributed by atoms with Gasteiger partial charge in [-0.25, -0.2) is 0 Å². The Morgan fingerprint density at radius 2 is 1.62 bits per heavy atom. The van der Waals surface area contributed by atoms with Gasteiger partial charge in [0.2, 0.25) is 11.8 Å². The lowest BCUT2D eigenvalue weighted by molar-refractivity contribution is -0.139. The molecule has 1 saturated carbocycles. The van der Waals surface area contributed by atoms with Crippen molar-refractivity contribution >= 4 is 11.8 Å². The Balaban J connectivity index is 1.79. The van der Waals surface area contributed by atoms with Crippen LogP contribution in [-0.4, -0.2) is 23.3 Å². The molecule has 1 heterocycles.